The minimum atomic E-state index is 0.473. The first kappa shape index (κ1) is 23.8. The van der Waals surface area contributed by atoms with Crippen LogP contribution in [-0.4, -0.2) is 4.57 Å². The normalized spacial score (nSPS) is 11.3. The number of nitriles is 2. The van der Waals surface area contributed by atoms with Gasteiger partial charge in [-0.15, -0.1) is 0 Å². The Labute approximate surface area is 241 Å². The van der Waals surface area contributed by atoms with Gasteiger partial charge in [0.15, 0.2) is 0 Å². The lowest BCUT2D eigenvalue weighted by Crippen LogP contribution is -1.96. The van der Waals surface area contributed by atoms with Gasteiger partial charge >= 0.3 is 0 Å². The van der Waals surface area contributed by atoms with E-state index < -0.39 is 0 Å². The van der Waals surface area contributed by atoms with E-state index in [2.05, 4.69) is 83.4 Å². The van der Waals surface area contributed by atoms with Crippen molar-refractivity contribution in [3.63, 3.8) is 0 Å². The Hall–Kier alpha value is -6.10. The summed E-state index contributed by atoms with van der Waals surface area (Å²) >= 11 is 0. The van der Waals surface area contributed by atoms with Crippen molar-refractivity contribution in [1.29, 1.82) is 10.5 Å². The molecule has 0 aliphatic carbocycles. The summed E-state index contributed by atoms with van der Waals surface area (Å²) in [6, 6.07) is 47.1. The van der Waals surface area contributed by atoms with Crippen LogP contribution in [0, 0.1) is 22.7 Å². The van der Waals surface area contributed by atoms with Crippen molar-refractivity contribution >= 4 is 43.7 Å². The van der Waals surface area contributed by atoms with Crippen molar-refractivity contribution in [2.24, 2.45) is 0 Å². The Morgan fingerprint density at radius 2 is 1.21 bits per heavy atom. The fourth-order valence-corrected chi connectivity index (χ4v) is 6.39. The molecule has 0 amide bonds. The predicted molar refractivity (Wildman–Crippen MR) is 168 cm³/mol. The molecule has 0 saturated heterocycles. The number of furan rings is 1. The molecule has 2 heterocycles. The lowest BCUT2D eigenvalue weighted by molar-refractivity contribution is 0.669. The van der Waals surface area contributed by atoms with Crippen LogP contribution in [0.2, 0.25) is 0 Å². The number of hydrogen-bond acceptors (Lipinski definition) is 3. The summed E-state index contributed by atoms with van der Waals surface area (Å²) in [5, 5.41) is 24.5. The summed E-state index contributed by atoms with van der Waals surface area (Å²) in [4.78, 5) is 0. The van der Waals surface area contributed by atoms with Crippen LogP contribution in [0.1, 0.15) is 11.1 Å². The molecule has 0 spiro atoms. The molecule has 8 rings (SSSR count). The number of nitrogens with zero attached hydrogens (tertiary/aromatic N) is 3. The molecular weight excluding hydrogens is 514 g/mol. The molecule has 0 unspecified atom stereocenters. The summed E-state index contributed by atoms with van der Waals surface area (Å²) in [5.41, 5.74) is 9.25. The van der Waals surface area contributed by atoms with Crippen LogP contribution in [0.3, 0.4) is 0 Å². The van der Waals surface area contributed by atoms with Crippen LogP contribution >= 0.6 is 0 Å². The van der Waals surface area contributed by atoms with E-state index in [1.807, 2.05) is 42.5 Å². The second-order valence-corrected chi connectivity index (χ2v) is 10.3. The molecule has 194 valence electrons. The number of aromatic nitrogens is 1. The highest BCUT2D eigenvalue weighted by atomic mass is 16.3. The smallest absolute Gasteiger partial charge is 0.137 e. The van der Waals surface area contributed by atoms with E-state index in [4.69, 9.17) is 4.42 Å². The maximum atomic E-state index is 10.1. The summed E-state index contributed by atoms with van der Waals surface area (Å²) < 4.78 is 8.64. The maximum absolute atomic E-state index is 10.1. The van der Waals surface area contributed by atoms with Crippen molar-refractivity contribution < 1.29 is 4.42 Å². The molecule has 0 radical (unpaired) electrons. The summed E-state index contributed by atoms with van der Waals surface area (Å²) in [6.07, 6.45) is 0. The quantitative estimate of drug-likeness (QED) is 0.226. The van der Waals surface area contributed by atoms with Gasteiger partial charge in [0, 0.05) is 27.4 Å². The zero-order valence-corrected chi connectivity index (χ0v) is 22.4. The van der Waals surface area contributed by atoms with Crippen molar-refractivity contribution in [1.82, 2.24) is 4.57 Å². The van der Waals surface area contributed by atoms with Crippen molar-refractivity contribution in [2.75, 3.05) is 0 Å². The molecule has 0 fully saturated rings. The van der Waals surface area contributed by atoms with Gasteiger partial charge in [0.05, 0.1) is 39.7 Å². The molecule has 0 N–H and O–H groups in total. The molecule has 8 aromatic rings. The van der Waals surface area contributed by atoms with Gasteiger partial charge < -0.3 is 8.98 Å². The van der Waals surface area contributed by atoms with E-state index in [0.717, 1.165) is 66.1 Å². The number of hydrogen-bond donors (Lipinski definition) is 0. The Morgan fingerprint density at radius 3 is 1.95 bits per heavy atom. The van der Waals surface area contributed by atoms with Crippen LogP contribution in [0.4, 0.5) is 0 Å². The van der Waals surface area contributed by atoms with E-state index in [0.29, 0.717) is 16.7 Å². The van der Waals surface area contributed by atoms with Crippen LogP contribution in [0.15, 0.2) is 132 Å². The molecule has 0 atom stereocenters. The Balaban J connectivity index is 1.66. The molecule has 0 bridgehead atoms. The van der Waals surface area contributed by atoms with Crippen molar-refractivity contribution in [3.05, 3.63) is 139 Å². The minimum absolute atomic E-state index is 0.473. The van der Waals surface area contributed by atoms with E-state index in [1.165, 1.54) is 0 Å². The van der Waals surface area contributed by atoms with Crippen LogP contribution in [-0.2, 0) is 0 Å². The highest BCUT2D eigenvalue weighted by molar-refractivity contribution is 6.28. The summed E-state index contributed by atoms with van der Waals surface area (Å²) in [6.45, 7) is 0. The van der Waals surface area contributed by atoms with Gasteiger partial charge in [-0.1, -0.05) is 78.9 Å². The Kier molecular flexibility index (Phi) is 5.22. The summed E-state index contributed by atoms with van der Waals surface area (Å²) in [5.74, 6) is 0. The number of rotatable bonds is 3. The van der Waals surface area contributed by atoms with E-state index in [9.17, 15) is 10.5 Å². The van der Waals surface area contributed by atoms with Gasteiger partial charge in [-0.3, -0.25) is 0 Å². The molecule has 0 aliphatic heterocycles. The first-order chi connectivity index (χ1) is 20.8. The third-order valence-electron chi connectivity index (χ3n) is 8.08. The Morgan fingerprint density at radius 1 is 0.524 bits per heavy atom. The molecule has 2 aromatic heterocycles. The highest BCUT2D eigenvalue weighted by Gasteiger charge is 2.24. The third-order valence-corrected chi connectivity index (χ3v) is 8.08. The lowest BCUT2D eigenvalue weighted by Gasteiger charge is -2.16. The largest absolute Gasteiger partial charge is 0.456 e. The van der Waals surface area contributed by atoms with Crippen LogP contribution in [0.5, 0.6) is 0 Å². The van der Waals surface area contributed by atoms with Crippen LogP contribution in [0.25, 0.3) is 71.7 Å². The van der Waals surface area contributed by atoms with Crippen molar-refractivity contribution in [3.8, 4) is 40.1 Å². The standard InChI is InChI=1S/C38H21N3O/c39-22-25-12-9-13-26(23-40)34(25)29-18-20-31-36(35(29)24-10-3-1-4-11-24)30-19-21-33-37(28-16-7-8-17-32(28)42-33)38(30)41(31)27-14-5-2-6-15-27/h1-21H. The minimum Gasteiger partial charge on any atom is -0.456 e. The second-order valence-electron chi connectivity index (χ2n) is 10.3. The molecule has 6 aromatic carbocycles. The van der Waals surface area contributed by atoms with Gasteiger partial charge in [0.25, 0.3) is 0 Å². The zero-order valence-electron chi connectivity index (χ0n) is 22.4. The first-order valence-corrected chi connectivity index (χ1v) is 13.7. The third kappa shape index (κ3) is 3.33. The van der Waals surface area contributed by atoms with E-state index >= 15 is 0 Å². The average molecular weight is 536 g/mol. The van der Waals surface area contributed by atoms with Gasteiger partial charge in [0.1, 0.15) is 11.2 Å². The number of fused-ring (bicyclic) bond motifs is 7. The molecule has 0 saturated carbocycles. The second kappa shape index (κ2) is 9.24. The SMILES string of the molecule is N#Cc1cccc(C#N)c1-c1ccc2c(c1-c1ccccc1)c1ccc3oc4ccccc4c3c1n2-c1ccccc1. The molecule has 4 nitrogen and oxygen atoms in total. The fourth-order valence-electron chi connectivity index (χ4n) is 6.39. The van der Waals surface area contributed by atoms with Gasteiger partial charge in [-0.05, 0) is 65.2 Å². The zero-order chi connectivity index (χ0) is 28.2. The van der Waals surface area contributed by atoms with E-state index in [-0.39, 0.29) is 0 Å². The number of benzene rings is 6. The van der Waals surface area contributed by atoms with E-state index in [1.54, 1.807) is 18.2 Å². The lowest BCUT2D eigenvalue weighted by atomic mass is 9.86. The maximum Gasteiger partial charge on any atom is 0.137 e. The highest BCUT2D eigenvalue weighted by Crippen LogP contribution is 2.47. The van der Waals surface area contributed by atoms with Crippen molar-refractivity contribution in [2.45, 2.75) is 0 Å². The topological polar surface area (TPSA) is 65.7 Å². The average Bonchev–Trinajstić information content (AvgIpc) is 3.60. The molecule has 4 heteroatoms. The van der Waals surface area contributed by atoms with Gasteiger partial charge in [-0.2, -0.15) is 10.5 Å². The van der Waals surface area contributed by atoms with Crippen LogP contribution < -0.4 is 0 Å². The molecule has 0 aliphatic rings. The fraction of sp³-hybridized carbons (Fsp3) is 0. The van der Waals surface area contributed by atoms with Gasteiger partial charge in [-0.25, -0.2) is 0 Å². The summed E-state index contributed by atoms with van der Waals surface area (Å²) in [7, 11) is 0. The number of para-hydroxylation sites is 2. The Bertz CT molecular complexity index is 2390. The molecule has 42 heavy (non-hydrogen) atoms. The molecular formula is C38H21N3O. The monoisotopic (exact) mass is 535 g/mol. The van der Waals surface area contributed by atoms with Gasteiger partial charge in [0.2, 0.25) is 0 Å². The predicted octanol–water partition coefficient (Wildman–Crippen LogP) is 9.76. The first-order valence-electron chi connectivity index (χ1n) is 13.7.